The SMILES string of the molecule is COc1ccc(CN2C(=S)N[C@H](c3ccccn3)[C@H]2c2cccn2C)cc1. The summed E-state index contributed by atoms with van der Waals surface area (Å²) >= 11 is 5.71. The van der Waals surface area contributed by atoms with Gasteiger partial charge >= 0.3 is 0 Å². The van der Waals surface area contributed by atoms with Gasteiger partial charge in [-0.3, -0.25) is 4.98 Å². The van der Waals surface area contributed by atoms with Gasteiger partial charge in [0, 0.05) is 31.7 Å². The molecule has 138 valence electrons. The van der Waals surface area contributed by atoms with Crippen LogP contribution < -0.4 is 10.1 Å². The highest BCUT2D eigenvalue weighted by atomic mass is 32.1. The first-order valence-corrected chi connectivity index (χ1v) is 9.30. The highest BCUT2D eigenvalue weighted by Gasteiger charge is 2.40. The van der Waals surface area contributed by atoms with E-state index in [0.29, 0.717) is 0 Å². The van der Waals surface area contributed by atoms with E-state index in [4.69, 9.17) is 17.0 Å². The standard InChI is InChI=1S/C21H22N4OS/c1-24-13-5-7-18(24)20-19(17-6-3-4-12-22-17)23-21(27)25(20)14-15-8-10-16(26-2)11-9-15/h3-13,19-20H,14H2,1-2H3,(H,23,27)/t19-,20-/m1/s1. The van der Waals surface area contributed by atoms with Gasteiger partial charge in [0.1, 0.15) is 5.75 Å². The van der Waals surface area contributed by atoms with E-state index in [1.165, 1.54) is 11.3 Å². The molecule has 1 saturated heterocycles. The van der Waals surface area contributed by atoms with Crippen LogP contribution in [0.2, 0.25) is 0 Å². The van der Waals surface area contributed by atoms with E-state index in [9.17, 15) is 0 Å². The first-order chi connectivity index (χ1) is 13.2. The fourth-order valence-electron chi connectivity index (χ4n) is 3.61. The van der Waals surface area contributed by atoms with Gasteiger partial charge in [-0.05, 0) is 54.2 Å². The van der Waals surface area contributed by atoms with Crippen LogP contribution in [0.15, 0.2) is 67.0 Å². The molecule has 1 fully saturated rings. The van der Waals surface area contributed by atoms with Crippen molar-refractivity contribution in [2.45, 2.75) is 18.6 Å². The minimum atomic E-state index is 0.00514. The molecule has 2 aromatic heterocycles. The Kier molecular flexibility index (Phi) is 4.81. The summed E-state index contributed by atoms with van der Waals surface area (Å²) in [5.41, 5.74) is 3.37. The second-order valence-corrected chi connectivity index (χ2v) is 7.03. The van der Waals surface area contributed by atoms with Crippen LogP contribution in [0, 0.1) is 0 Å². The van der Waals surface area contributed by atoms with E-state index in [0.717, 1.165) is 23.1 Å². The maximum atomic E-state index is 5.71. The van der Waals surface area contributed by atoms with Crippen LogP contribution in [0.3, 0.4) is 0 Å². The lowest BCUT2D eigenvalue weighted by atomic mass is 10.0. The third-order valence-corrected chi connectivity index (χ3v) is 5.35. The Bertz CT molecular complexity index is 923. The van der Waals surface area contributed by atoms with Gasteiger partial charge in [-0.1, -0.05) is 18.2 Å². The molecule has 5 nitrogen and oxygen atoms in total. The number of nitrogens with zero attached hydrogens (tertiary/aromatic N) is 3. The predicted octanol–water partition coefficient (Wildman–Crippen LogP) is 3.60. The Morgan fingerprint density at radius 2 is 1.93 bits per heavy atom. The number of ether oxygens (including phenoxy) is 1. The molecule has 4 rings (SSSR count). The fraction of sp³-hybridized carbons (Fsp3) is 0.238. The zero-order valence-corrected chi connectivity index (χ0v) is 16.2. The summed E-state index contributed by atoms with van der Waals surface area (Å²) in [5.74, 6) is 0.853. The minimum Gasteiger partial charge on any atom is -0.497 e. The molecule has 3 heterocycles. The largest absolute Gasteiger partial charge is 0.497 e. The molecule has 0 spiro atoms. The van der Waals surface area contributed by atoms with Crippen molar-refractivity contribution >= 4 is 17.3 Å². The van der Waals surface area contributed by atoms with Gasteiger partial charge in [-0.2, -0.15) is 0 Å². The molecule has 0 aliphatic carbocycles. The number of pyridine rings is 1. The van der Waals surface area contributed by atoms with Gasteiger partial charge in [0.25, 0.3) is 0 Å². The van der Waals surface area contributed by atoms with Crippen LogP contribution in [0.4, 0.5) is 0 Å². The van der Waals surface area contributed by atoms with Gasteiger partial charge in [-0.25, -0.2) is 0 Å². The third-order valence-electron chi connectivity index (χ3n) is 5.00. The van der Waals surface area contributed by atoms with Crippen LogP contribution in [0.5, 0.6) is 5.75 Å². The van der Waals surface area contributed by atoms with Crippen LogP contribution >= 0.6 is 12.2 Å². The summed E-state index contributed by atoms with van der Waals surface area (Å²) in [5, 5.41) is 4.23. The average molecular weight is 379 g/mol. The lowest BCUT2D eigenvalue weighted by Crippen LogP contribution is -2.29. The van der Waals surface area contributed by atoms with Crippen molar-refractivity contribution in [2.24, 2.45) is 7.05 Å². The molecular formula is C21H22N4OS. The highest BCUT2D eigenvalue weighted by Crippen LogP contribution is 2.39. The van der Waals surface area contributed by atoms with E-state index in [1.807, 2.05) is 36.5 Å². The van der Waals surface area contributed by atoms with Crippen molar-refractivity contribution in [3.8, 4) is 5.75 Å². The third kappa shape index (κ3) is 3.40. The van der Waals surface area contributed by atoms with Crippen molar-refractivity contribution in [2.75, 3.05) is 7.11 Å². The molecule has 1 aliphatic heterocycles. The van der Waals surface area contributed by atoms with Gasteiger partial charge in [0.05, 0.1) is 24.9 Å². The van der Waals surface area contributed by atoms with E-state index in [2.05, 4.69) is 57.3 Å². The Morgan fingerprint density at radius 3 is 2.56 bits per heavy atom. The number of hydrogen-bond donors (Lipinski definition) is 1. The second-order valence-electron chi connectivity index (χ2n) is 6.65. The Balaban J connectivity index is 1.70. The molecule has 1 N–H and O–H groups in total. The topological polar surface area (TPSA) is 42.3 Å². The van der Waals surface area contributed by atoms with Crippen molar-refractivity contribution in [3.05, 3.63) is 83.9 Å². The van der Waals surface area contributed by atoms with Crippen LogP contribution in [-0.4, -0.2) is 26.7 Å². The highest BCUT2D eigenvalue weighted by molar-refractivity contribution is 7.80. The quantitative estimate of drug-likeness (QED) is 0.687. The first-order valence-electron chi connectivity index (χ1n) is 8.89. The van der Waals surface area contributed by atoms with Crippen LogP contribution in [0.1, 0.15) is 29.0 Å². The number of aromatic nitrogens is 2. The summed E-state index contributed by atoms with van der Waals surface area (Å²) in [6.07, 6.45) is 3.89. The van der Waals surface area contributed by atoms with Gasteiger partial charge < -0.3 is 19.5 Å². The zero-order chi connectivity index (χ0) is 18.8. The predicted molar refractivity (Wildman–Crippen MR) is 109 cm³/mol. The molecule has 2 atom stereocenters. The van der Waals surface area contributed by atoms with E-state index < -0.39 is 0 Å². The summed E-state index contributed by atoms with van der Waals surface area (Å²) in [4.78, 5) is 6.82. The van der Waals surface area contributed by atoms with Crippen LogP contribution in [-0.2, 0) is 13.6 Å². The molecule has 27 heavy (non-hydrogen) atoms. The van der Waals surface area contributed by atoms with Crippen molar-refractivity contribution in [1.29, 1.82) is 0 Å². The van der Waals surface area contributed by atoms with Crippen molar-refractivity contribution in [1.82, 2.24) is 19.8 Å². The lowest BCUT2D eigenvalue weighted by molar-refractivity contribution is 0.299. The van der Waals surface area contributed by atoms with Gasteiger partial charge in [0.2, 0.25) is 0 Å². The molecule has 1 aliphatic rings. The van der Waals surface area contributed by atoms with E-state index in [1.54, 1.807) is 7.11 Å². The number of benzene rings is 1. The molecule has 0 amide bonds. The van der Waals surface area contributed by atoms with Crippen LogP contribution in [0.25, 0.3) is 0 Å². The summed E-state index contributed by atoms with van der Waals surface area (Å²) < 4.78 is 7.42. The van der Waals surface area contributed by atoms with Gasteiger partial charge in [0.15, 0.2) is 5.11 Å². The Labute approximate surface area is 164 Å². The molecule has 1 aromatic carbocycles. The second kappa shape index (κ2) is 7.40. The number of hydrogen-bond acceptors (Lipinski definition) is 3. The first kappa shape index (κ1) is 17.5. The van der Waals surface area contributed by atoms with Gasteiger partial charge in [-0.15, -0.1) is 0 Å². The lowest BCUT2D eigenvalue weighted by Gasteiger charge is -2.28. The minimum absolute atomic E-state index is 0.00514. The maximum absolute atomic E-state index is 5.71. The number of methoxy groups -OCH3 is 1. The molecule has 0 saturated carbocycles. The molecule has 0 radical (unpaired) electrons. The normalized spacial score (nSPS) is 19.2. The average Bonchev–Trinajstić information content (AvgIpc) is 3.26. The maximum Gasteiger partial charge on any atom is 0.170 e. The van der Waals surface area contributed by atoms with E-state index in [-0.39, 0.29) is 12.1 Å². The molecule has 6 heteroatoms. The molecule has 3 aromatic rings. The van der Waals surface area contributed by atoms with Crippen molar-refractivity contribution in [3.63, 3.8) is 0 Å². The summed E-state index contributed by atoms with van der Waals surface area (Å²) in [6.45, 7) is 0.717. The summed E-state index contributed by atoms with van der Waals surface area (Å²) in [7, 11) is 3.75. The molecular weight excluding hydrogens is 356 g/mol. The number of nitrogens with one attached hydrogen (secondary N) is 1. The monoisotopic (exact) mass is 378 g/mol. The number of rotatable bonds is 5. The smallest absolute Gasteiger partial charge is 0.170 e. The molecule has 0 bridgehead atoms. The Hall–Kier alpha value is -2.86. The fourth-order valence-corrected chi connectivity index (χ4v) is 3.91. The number of aryl methyl sites for hydroxylation is 1. The van der Waals surface area contributed by atoms with E-state index >= 15 is 0 Å². The van der Waals surface area contributed by atoms with Crippen molar-refractivity contribution < 1.29 is 4.74 Å². The summed E-state index contributed by atoms with van der Waals surface area (Å²) in [6, 6.07) is 18.4. The number of thiocarbonyl (C=S) groups is 1. The molecule has 0 unspecified atom stereocenters. The zero-order valence-electron chi connectivity index (χ0n) is 15.4. The Morgan fingerprint density at radius 1 is 1.11 bits per heavy atom.